The topological polar surface area (TPSA) is 64.8 Å². The summed E-state index contributed by atoms with van der Waals surface area (Å²) < 4.78 is 51.3. The van der Waals surface area contributed by atoms with E-state index < -0.39 is 24.4 Å². The zero-order valence-corrected chi connectivity index (χ0v) is 12.4. The highest BCUT2D eigenvalue weighted by Crippen LogP contribution is 2.30. The Bertz CT molecular complexity index is 896. The average molecular weight is 340 g/mol. The average Bonchev–Trinajstić information content (AvgIpc) is 3.13. The molecule has 0 saturated carbocycles. The van der Waals surface area contributed by atoms with Crippen molar-refractivity contribution in [3.8, 4) is 11.1 Å². The van der Waals surface area contributed by atoms with E-state index in [4.69, 9.17) is 0 Å². The second-order valence-corrected chi connectivity index (χ2v) is 5.30. The van der Waals surface area contributed by atoms with Crippen molar-refractivity contribution in [2.45, 2.75) is 6.18 Å². The zero-order chi connectivity index (χ0) is 17.5. The number of aromatic nitrogens is 3. The number of hydrogen-bond acceptors (Lipinski definition) is 2. The maximum Gasteiger partial charge on any atom is 0.406 e. The molecule has 3 aromatic heterocycles. The largest absolute Gasteiger partial charge is 0.406 e. The molecule has 5 nitrogen and oxygen atoms in total. The van der Waals surface area contributed by atoms with Crippen LogP contribution >= 0.6 is 0 Å². The van der Waals surface area contributed by atoms with E-state index in [1.165, 1.54) is 12.3 Å². The summed E-state index contributed by atoms with van der Waals surface area (Å²) in [6, 6.07) is 2.95. The molecular weight excluding hydrogens is 328 g/mol. The predicted molar refractivity (Wildman–Crippen MR) is 78.9 cm³/mol. The van der Waals surface area contributed by atoms with E-state index >= 15 is 0 Å². The molecule has 1 amide bonds. The van der Waals surface area contributed by atoms with Crippen LogP contribution in [0.3, 0.4) is 0 Å². The summed E-state index contributed by atoms with van der Waals surface area (Å²) in [6.07, 6.45) is -0.483. The van der Waals surface area contributed by atoms with Crippen molar-refractivity contribution >= 4 is 16.9 Å². The molecular formula is C15H12F4N4O. The molecule has 0 atom stereocenters. The first-order valence-corrected chi connectivity index (χ1v) is 6.89. The number of pyridine rings is 1. The van der Waals surface area contributed by atoms with E-state index in [-0.39, 0.29) is 11.3 Å². The molecule has 0 bridgehead atoms. The van der Waals surface area contributed by atoms with Gasteiger partial charge in [-0.05, 0) is 12.1 Å². The number of amides is 1. The van der Waals surface area contributed by atoms with Crippen LogP contribution in [-0.4, -0.2) is 45.5 Å². The van der Waals surface area contributed by atoms with E-state index in [0.29, 0.717) is 21.5 Å². The predicted octanol–water partition coefficient (Wildman–Crippen LogP) is 3.33. The Hall–Kier alpha value is -2.84. The normalized spacial score (nSPS) is 11.9. The number of nitrogens with zero attached hydrogens (tertiary/aromatic N) is 2. The van der Waals surface area contributed by atoms with Gasteiger partial charge < -0.3 is 14.9 Å². The number of halogens is 4. The molecule has 0 radical (unpaired) electrons. The molecule has 3 aromatic rings. The zero-order valence-electron chi connectivity index (χ0n) is 12.4. The molecule has 0 saturated heterocycles. The fourth-order valence-electron chi connectivity index (χ4n) is 2.49. The summed E-state index contributed by atoms with van der Waals surface area (Å²) in [5.41, 5.74) is 0.976. The highest BCUT2D eigenvalue weighted by Gasteiger charge is 2.32. The second kappa shape index (κ2) is 5.66. The summed E-state index contributed by atoms with van der Waals surface area (Å²) in [4.78, 5) is 21.9. The minimum absolute atomic E-state index is 0.0587. The number of rotatable bonds is 3. The van der Waals surface area contributed by atoms with Crippen molar-refractivity contribution in [2.24, 2.45) is 0 Å². The van der Waals surface area contributed by atoms with E-state index in [9.17, 15) is 22.4 Å². The highest BCUT2D eigenvalue weighted by molar-refractivity contribution is 5.97. The second-order valence-electron chi connectivity index (χ2n) is 5.30. The lowest BCUT2D eigenvalue weighted by atomic mass is 10.1. The number of carbonyl (C=O) groups is 1. The van der Waals surface area contributed by atoms with Crippen LogP contribution in [0.5, 0.6) is 0 Å². The van der Waals surface area contributed by atoms with E-state index in [1.54, 1.807) is 12.3 Å². The highest BCUT2D eigenvalue weighted by atomic mass is 19.4. The van der Waals surface area contributed by atoms with Gasteiger partial charge in [0.2, 0.25) is 0 Å². The molecule has 0 aliphatic heterocycles. The Morgan fingerprint density at radius 3 is 2.79 bits per heavy atom. The van der Waals surface area contributed by atoms with Gasteiger partial charge in [0.05, 0.1) is 6.20 Å². The summed E-state index contributed by atoms with van der Waals surface area (Å²) >= 11 is 0. The summed E-state index contributed by atoms with van der Waals surface area (Å²) in [5, 5.41) is 0.511. The molecule has 3 rings (SSSR count). The third-order valence-electron chi connectivity index (χ3n) is 3.51. The first-order chi connectivity index (χ1) is 11.3. The van der Waals surface area contributed by atoms with Gasteiger partial charge in [0.15, 0.2) is 0 Å². The maximum absolute atomic E-state index is 14.1. The van der Waals surface area contributed by atoms with Crippen LogP contribution in [0.4, 0.5) is 17.6 Å². The van der Waals surface area contributed by atoms with Crippen molar-refractivity contribution in [2.75, 3.05) is 13.6 Å². The monoisotopic (exact) mass is 340 g/mol. The number of carbonyl (C=O) groups excluding carboxylic acids is 1. The van der Waals surface area contributed by atoms with Gasteiger partial charge in [0, 0.05) is 36.0 Å². The Labute approximate surface area is 133 Å². The lowest BCUT2D eigenvalue weighted by Gasteiger charge is -2.17. The lowest BCUT2D eigenvalue weighted by Crippen LogP contribution is -2.35. The molecule has 0 aliphatic carbocycles. The van der Waals surface area contributed by atoms with Gasteiger partial charge in [-0.25, -0.2) is 9.37 Å². The van der Waals surface area contributed by atoms with Crippen LogP contribution in [0.15, 0.2) is 30.7 Å². The quantitative estimate of drug-likeness (QED) is 0.718. The molecule has 0 aromatic carbocycles. The van der Waals surface area contributed by atoms with Gasteiger partial charge >= 0.3 is 6.18 Å². The van der Waals surface area contributed by atoms with Gasteiger partial charge in [-0.2, -0.15) is 13.2 Å². The van der Waals surface area contributed by atoms with Crippen molar-refractivity contribution in [1.82, 2.24) is 19.9 Å². The molecule has 24 heavy (non-hydrogen) atoms. The van der Waals surface area contributed by atoms with Crippen molar-refractivity contribution < 1.29 is 22.4 Å². The number of hydrogen-bond donors (Lipinski definition) is 2. The van der Waals surface area contributed by atoms with E-state index in [0.717, 1.165) is 13.2 Å². The Morgan fingerprint density at radius 1 is 1.33 bits per heavy atom. The summed E-state index contributed by atoms with van der Waals surface area (Å²) in [6.45, 7) is -1.37. The fourth-order valence-corrected chi connectivity index (χ4v) is 2.49. The first kappa shape index (κ1) is 16.0. The third kappa shape index (κ3) is 2.97. The number of nitrogens with one attached hydrogen (secondary N) is 2. The summed E-state index contributed by atoms with van der Waals surface area (Å²) in [5.74, 6) is -1.43. The molecule has 3 heterocycles. The van der Waals surface area contributed by atoms with Crippen LogP contribution in [0.25, 0.3) is 22.2 Å². The smallest absolute Gasteiger partial charge is 0.357 e. The van der Waals surface area contributed by atoms with Crippen molar-refractivity contribution in [3.63, 3.8) is 0 Å². The molecule has 9 heteroatoms. The van der Waals surface area contributed by atoms with E-state index in [2.05, 4.69) is 15.0 Å². The van der Waals surface area contributed by atoms with Crippen molar-refractivity contribution in [1.29, 1.82) is 0 Å². The van der Waals surface area contributed by atoms with Crippen LogP contribution in [0, 0.1) is 5.82 Å². The molecule has 126 valence electrons. The number of aromatic amines is 2. The SMILES string of the molecule is CN(CC(F)(F)F)C(=O)c1cc(-c2c(F)cnc3[nH]ccc23)c[nH]1. The van der Waals surface area contributed by atoms with Gasteiger partial charge in [-0.1, -0.05) is 0 Å². The van der Waals surface area contributed by atoms with Gasteiger partial charge in [-0.3, -0.25) is 4.79 Å². The minimum atomic E-state index is -4.49. The Kier molecular flexibility index (Phi) is 3.78. The third-order valence-corrected chi connectivity index (χ3v) is 3.51. The summed E-state index contributed by atoms with van der Waals surface area (Å²) in [7, 11) is 1.05. The van der Waals surface area contributed by atoms with Crippen molar-refractivity contribution in [3.05, 3.63) is 42.2 Å². The van der Waals surface area contributed by atoms with Gasteiger partial charge in [0.1, 0.15) is 23.7 Å². The maximum atomic E-state index is 14.1. The standard InChI is InChI=1S/C15H12F4N4O/c1-23(7-15(17,18)19)14(24)11-4-8(5-21-11)12-9-2-3-20-13(9)22-6-10(12)16/h2-6,21H,7H2,1H3,(H,20,22). The molecule has 2 N–H and O–H groups in total. The van der Waals surface area contributed by atoms with Crippen LogP contribution in [0.1, 0.15) is 10.5 Å². The molecule has 0 aliphatic rings. The Morgan fingerprint density at radius 2 is 2.08 bits per heavy atom. The van der Waals surface area contributed by atoms with Gasteiger partial charge in [-0.15, -0.1) is 0 Å². The molecule has 0 spiro atoms. The first-order valence-electron chi connectivity index (χ1n) is 6.89. The van der Waals surface area contributed by atoms with Crippen LogP contribution < -0.4 is 0 Å². The number of fused-ring (bicyclic) bond motifs is 1. The van der Waals surface area contributed by atoms with Gasteiger partial charge in [0.25, 0.3) is 5.91 Å². The van der Waals surface area contributed by atoms with Crippen LogP contribution in [0.2, 0.25) is 0 Å². The number of H-pyrrole nitrogens is 2. The minimum Gasteiger partial charge on any atom is -0.357 e. The fraction of sp³-hybridized carbons (Fsp3) is 0.200. The van der Waals surface area contributed by atoms with Crippen LogP contribution in [-0.2, 0) is 0 Å². The van der Waals surface area contributed by atoms with E-state index in [1.807, 2.05) is 0 Å². The molecule has 0 unspecified atom stereocenters. The number of alkyl halides is 3. The lowest BCUT2D eigenvalue weighted by molar-refractivity contribution is -0.138. The Balaban J connectivity index is 1.94. The molecule has 0 fully saturated rings.